The van der Waals surface area contributed by atoms with Crippen LogP contribution in [0.2, 0.25) is 0 Å². The van der Waals surface area contributed by atoms with Crippen LogP contribution in [0.5, 0.6) is 0 Å². The van der Waals surface area contributed by atoms with E-state index in [2.05, 4.69) is 53.0 Å². The molecule has 1 aliphatic carbocycles. The number of likely N-dealkylation sites (N-methyl/N-ethyl adjacent to an activating group) is 2. The highest BCUT2D eigenvalue weighted by Gasteiger charge is 2.26. The molecule has 1 saturated heterocycles. The van der Waals surface area contributed by atoms with Gasteiger partial charge in [-0.05, 0) is 99.2 Å². The van der Waals surface area contributed by atoms with Gasteiger partial charge in [0, 0.05) is 107 Å². The molecule has 5 amide bonds. The van der Waals surface area contributed by atoms with Crippen molar-refractivity contribution in [1.29, 1.82) is 0 Å². The first-order chi connectivity index (χ1) is 33.8. The Morgan fingerprint density at radius 1 is 0.814 bits per heavy atom. The molecule has 1 heterocycles. The van der Waals surface area contributed by atoms with Crippen molar-refractivity contribution in [3.63, 3.8) is 0 Å². The second kappa shape index (κ2) is 28.4. The highest BCUT2D eigenvalue weighted by molar-refractivity contribution is 6.08. The van der Waals surface area contributed by atoms with Gasteiger partial charge in [0.05, 0.1) is 52.1 Å². The minimum atomic E-state index is -0.900. The number of anilines is 2. The molecule has 1 unspecified atom stereocenters. The number of allylic oxidation sites excluding steroid dienone is 3. The largest absolute Gasteiger partial charge is 0.481 e. The first kappa shape index (κ1) is 54.6. The van der Waals surface area contributed by atoms with Gasteiger partial charge in [-0.15, -0.1) is 0 Å². The number of benzene rings is 3. The molecule has 3 aromatic carbocycles. The number of carbonyl (C=O) groups is 5. The Kier molecular flexibility index (Phi) is 22.1. The number of urea groups is 1. The molecule has 378 valence electrons. The third-order valence-corrected chi connectivity index (χ3v) is 12.6. The summed E-state index contributed by atoms with van der Waals surface area (Å²) in [6.07, 6.45) is 7.97. The van der Waals surface area contributed by atoms with Crippen LogP contribution in [0.4, 0.5) is 16.2 Å². The van der Waals surface area contributed by atoms with Gasteiger partial charge in [-0.2, -0.15) is 0 Å². The molecule has 3 N–H and O–H groups in total. The number of carbonyl (C=O) groups excluding carboxylic acids is 4. The summed E-state index contributed by atoms with van der Waals surface area (Å²) in [6, 6.07) is 20.7. The van der Waals surface area contributed by atoms with Crippen LogP contribution in [0.25, 0.3) is 5.57 Å². The Labute approximate surface area is 413 Å². The fraction of sp³-hybridized carbons (Fsp3) is 0.463. The molecule has 0 spiro atoms. The average Bonchev–Trinajstić information content (AvgIpc) is 3.37. The number of fused-ring (bicyclic) bond motifs is 1. The number of carboxylic acid groups (broad SMARTS) is 1. The van der Waals surface area contributed by atoms with Crippen molar-refractivity contribution in [2.24, 2.45) is 0 Å². The molecule has 0 saturated carbocycles. The van der Waals surface area contributed by atoms with Crippen molar-refractivity contribution >= 4 is 46.7 Å². The van der Waals surface area contributed by atoms with Crippen LogP contribution in [0.15, 0.2) is 97.1 Å². The maximum Gasteiger partial charge on any atom is 0.319 e. The van der Waals surface area contributed by atoms with Gasteiger partial charge in [-0.1, -0.05) is 49.1 Å². The lowest BCUT2D eigenvalue weighted by atomic mass is 9.87. The van der Waals surface area contributed by atoms with E-state index >= 15 is 0 Å². The van der Waals surface area contributed by atoms with E-state index < -0.39 is 5.97 Å². The molecule has 0 radical (unpaired) electrons. The van der Waals surface area contributed by atoms with Crippen molar-refractivity contribution in [2.45, 2.75) is 52.5 Å². The molecule has 2 aliphatic rings. The van der Waals surface area contributed by atoms with E-state index in [1.54, 1.807) is 60.3 Å². The van der Waals surface area contributed by atoms with E-state index in [1.165, 1.54) is 5.56 Å². The predicted molar refractivity (Wildman–Crippen MR) is 274 cm³/mol. The number of carboxylic acids is 1. The number of ether oxygens (including phenoxy) is 3. The Morgan fingerprint density at radius 3 is 2.20 bits per heavy atom. The van der Waals surface area contributed by atoms with Crippen LogP contribution in [0.1, 0.15) is 83.5 Å². The zero-order valence-corrected chi connectivity index (χ0v) is 41.8. The van der Waals surface area contributed by atoms with Crippen LogP contribution < -0.4 is 15.5 Å². The second-order valence-electron chi connectivity index (χ2n) is 17.5. The van der Waals surface area contributed by atoms with Gasteiger partial charge in [-0.25, -0.2) is 4.79 Å². The predicted octanol–water partition coefficient (Wildman–Crippen LogP) is 6.76. The molecule has 1 aliphatic heterocycles. The molecular formula is C54H73N7O9. The van der Waals surface area contributed by atoms with Crippen molar-refractivity contribution in [2.75, 3.05) is 123 Å². The Bertz CT molecular complexity index is 2300. The summed E-state index contributed by atoms with van der Waals surface area (Å²) in [4.78, 5) is 74.8. The van der Waals surface area contributed by atoms with E-state index in [0.717, 1.165) is 54.7 Å². The van der Waals surface area contributed by atoms with Crippen LogP contribution in [-0.2, 0) is 30.2 Å². The summed E-state index contributed by atoms with van der Waals surface area (Å²) in [5.41, 5.74) is 6.67. The van der Waals surface area contributed by atoms with Crippen LogP contribution >= 0.6 is 0 Å². The van der Waals surface area contributed by atoms with Gasteiger partial charge in [0.2, 0.25) is 0 Å². The first-order valence-corrected chi connectivity index (χ1v) is 24.5. The number of nitrogens with zero attached hydrogens (tertiary/aromatic N) is 5. The number of nitrogens with one attached hydrogen (secondary N) is 2. The topological polar surface area (TPSA) is 174 Å². The molecule has 0 bridgehead atoms. The van der Waals surface area contributed by atoms with E-state index in [4.69, 9.17) is 19.3 Å². The SMILES string of the molecule is C=CC=C(C=C(C)c1cc(N(CC)CC)ccc1NC(=O)c1cccc(C(=O)N(C)CCN2CCN(C(=O)N(C)CCOCCOCCOCCC(=O)O)CC2)c1)C(=O)NC1CCCc2ccccc21. The smallest absolute Gasteiger partial charge is 0.319 e. The van der Waals surface area contributed by atoms with E-state index in [9.17, 15) is 24.0 Å². The normalized spacial score (nSPS) is 15.2. The van der Waals surface area contributed by atoms with Crippen LogP contribution in [0, 0.1) is 0 Å². The highest BCUT2D eigenvalue weighted by Crippen LogP contribution is 2.32. The number of hydrogen-bond donors (Lipinski definition) is 3. The number of hydrogen-bond acceptors (Lipinski definition) is 10. The molecule has 16 nitrogen and oxygen atoms in total. The zero-order valence-electron chi connectivity index (χ0n) is 41.8. The molecule has 0 aromatic heterocycles. The summed E-state index contributed by atoms with van der Waals surface area (Å²) in [6.45, 7) is 17.5. The third kappa shape index (κ3) is 16.4. The summed E-state index contributed by atoms with van der Waals surface area (Å²) >= 11 is 0. The molecular weight excluding hydrogens is 891 g/mol. The number of aryl methyl sites for hydroxylation is 1. The van der Waals surface area contributed by atoms with Crippen LogP contribution in [-0.4, -0.2) is 167 Å². The number of rotatable bonds is 26. The fourth-order valence-corrected chi connectivity index (χ4v) is 8.53. The quantitative estimate of drug-likeness (QED) is 0.0441. The van der Waals surface area contributed by atoms with Gasteiger partial charge in [0.1, 0.15) is 0 Å². The zero-order chi connectivity index (χ0) is 50.4. The maximum atomic E-state index is 14.0. The number of amides is 5. The van der Waals surface area contributed by atoms with Crippen molar-refractivity contribution in [3.05, 3.63) is 125 Å². The lowest BCUT2D eigenvalue weighted by Gasteiger charge is -2.37. The Hall–Kier alpha value is -6.33. The molecule has 70 heavy (non-hydrogen) atoms. The summed E-state index contributed by atoms with van der Waals surface area (Å²) < 4.78 is 16.2. The number of aliphatic carboxylic acids is 1. The second-order valence-corrected chi connectivity index (χ2v) is 17.5. The average molecular weight is 964 g/mol. The minimum absolute atomic E-state index is 0.0385. The molecule has 1 fully saturated rings. The van der Waals surface area contributed by atoms with E-state index in [1.807, 2.05) is 48.2 Å². The van der Waals surface area contributed by atoms with E-state index in [-0.39, 0.29) is 42.8 Å². The summed E-state index contributed by atoms with van der Waals surface area (Å²) in [7, 11) is 3.50. The van der Waals surface area contributed by atoms with Gasteiger partial charge < -0.3 is 49.6 Å². The monoisotopic (exact) mass is 964 g/mol. The molecule has 16 heteroatoms. The van der Waals surface area contributed by atoms with Gasteiger partial charge >= 0.3 is 12.0 Å². The van der Waals surface area contributed by atoms with Crippen molar-refractivity contribution in [1.82, 2.24) is 24.9 Å². The molecule has 3 aromatic rings. The summed E-state index contributed by atoms with van der Waals surface area (Å²) in [5.74, 6) is -1.68. The lowest BCUT2D eigenvalue weighted by Crippen LogP contribution is -2.53. The number of piperazine rings is 1. The third-order valence-electron chi connectivity index (χ3n) is 12.6. The first-order valence-electron chi connectivity index (χ1n) is 24.5. The van der Waals surface area contributed by atoms with Gasteiger partial charge in [-0.3, -0.25) is 24.1 Å². The Balaban J connectivity index is 1.13. The van der Waals surface area contributed by atoms with Crippen molar-refractivity contribution in [3.8, 4) is 0 Å². The molecule has 5 rings (SSSR count). The van der Waals surface area contributed by atoms with Crippen LogP contribution in [0.3, 0.4) is 0 Å². The van der Waals surface area contributed by atoms with E-state index in [0.29, 0.717) is 101 Å². The standard InChI is InChI=1S/C54H73N7O9/c1-7-14-42(51(64)55-48-20-13-16-41-15-10-11-19-46(41)48)37-40(4)47-39-45(60(8-2)9-3)21-22-49(47)56-52(65)43-17-12-18-44(38-43)53(66)57(5)24-25-59-26-28-61(29-27-59)54(67)58(6)30-32-69-34-36-70-35-33-68-31-23-50(62)63/h7,10-12,14-15,17-19,21-22,37-39,48H,1,8-9,13,16,20,23-36H2,2-6H3,(H,55,64)(H,56,65)(H,62,63). The fourth-order valence-electron chi connectivity index (χ4n) is 8.53. The Morgan fingerprint density at radius 2 is 1.50 bits per heavy atom. The minimum Gasteiger partial charge on any atom is -0.481 e. The van der Waals surface area contributed by atoms with Gasteiger partial charge in [0.25, 0.3) is 17.7 Å². The lowest BCUT2D eigenvalue weighted by molar-refractivity contribution is -0.138. The molecule has 1 atom stereocenters. The maximum absolute atomic E-state index is 14.0. The van der Waals surface area contributed by atoms with Crippen molar-refractivity contribution < 1.29 is 43.3 Å². The summed E-state index contributed by atoms with van der Waals surface area (Å²) in [5, 5.41) is 15.0. The van der Waals surface area contributed by atoms with Gasteiger partial charge in [0.15, 0.2) is 0 Å². The highest BCUT2D eigenvalue weighted by atomic mass is 16.5.